The molecule has 2 amide bonds. The normalized spacial score (nSPS) is 10.1. The molecule has 0 aliphatic heterocycles. The molecule has 0 radical (unpaired) electrons. The maximum absolute atomic E-state index is 12.5. The molecule has 0 saturated carbocycles. The minimum Gasteiger partial charge on any atom is -0.493 e. The number of amides is 2. The number of esters is 1. The quantitative estimate of drug-likeness (QED) is 0.634. The van der Waals surface area contributed by atoms with Crippen LogP contribution in [0.25, 0.3) is 0 Å². The lowest BCUT2D eigenvalue weighted by Crippen LogP contribution is -2.34. The van der Waals surface area contributed by atoms with Gasteiger partial charge >= 0.3 is 5.97 Å². The number of anilines is 1. The van der Waals surface area contributed by atoms with Crippen molar-refractivity contribution < 1.29 is 28.6 Å². The van der Waals surface area contributed by atoms with Gasteiger partial charge in [-0.25, -0.2) is 4.79 Å². The van der Waals surface area contributed by atoms with Crippen LogP contribution in [0.2, 0.25) is 0 Å². The Bertz CT molecular complexity index is 895. The molecular formula is C22H26N2O6. The molecule has 0 aliphatic rings. The third-order valence-electron chi connectivity index (χ3n) is 4.32. The fraction of sp³-hybridized carbons (Fsp3) is 0.318. The first-order valence-electron chi connectivity index (χ1n) is 9.41. The summed E-state index contributed by atoms with van der Waals surface area (Å²) in [6, 6.07) is 11.7. The molecule has 0 fully saturated rings. The van der Waals surface area contributed by atoms with Crippen LogP contribution in [0.4, 0.5) is 5.69 Å². The van der Waals surface area contributed by atoms with Crippen molar-refractivity contribution in [2.75, 3.05) is 32.7 Å². The summed E-state index contributed by atoms with van der Waals surface area (Å²) < 4.78 is 15.7. The number of nitrogens with zero attached hydrogens (tertiary/aromatic N) is 1. The minimum absolute atomic E-state index is 0.204. The molecule has 8 nitrogen and oxygen atoms in total. The molecule has 0 spiro atoms. The molecule has 160 valence electrons. The number of ether oxygens (including phenoxy) is 3. The Hall–Kier alpha value is -3.55. The first-order valence-corrected chi connectivity index (χ1v) is 9.41. The summed E-state index contributed by atoms with van der Waals surface area (Å²) >= 11 is 0. The molecule has 0 heterocycles. The largest absolute Gasteiger partial charge is 0.493 e. The fourth-order valence-electron chi connectivity index (χ4n) is 2.77. The predicted octanol–water partition coefficient (Wildman–Crippen LogP) is 2.87. The first-order chi connectivity index (χ1) is 14.4. The smallest absolute Gasteiger partial charge is 0.338 e. The first kappa shape index (κ1) is 22.7. The third-order valence-corrected chi connectivity index (χ3v) is 4.32. The highest BCUT2D eigenvalue weighted by atomic mass is 16.5. The van der Waals surface area contributed by atoms with E-state index in [0.717, 1.165) is 5.56 Å². The lowest BCUT2D eigenvalue weighted by Gasteiger charge is -2.21. The average molecular weight is 414 g/mol. The number of likely N-dealkylation sites (N-methyl/N-ethyl adjacent to an activating group) is 1. The van der Waals surface area contributed by atoms with Gasteiger partial charge in [0.25, 0.3) is 5.91 Å². The Morgan fingerprint density at radius 1 is 0.967 bits per heavy atom. The standard InChI is InChI=1S/C22H26N2O6/c1-5-24(13-16-6-11-19(28-3)20(12-16)29-4)21(26)14-30-22(27)17-7-9-18(10-8-17)23-15(2)25/h6-12H,5,13-14H2,1-4H3,(H,23,25). The molecule has 0 bridgehead atoms. The lowest BCUT2D eigenvalue weighted by atomic mass is 10.2. The number of hydrogen-bond acceptors (Lipinski definition) is 6. The molecule has 2 rings (SSSR count). The van der Waals surface area contributed by atoms with Crippen molar-refractivity contribution in [3.05, 3.63) is 53.6 Å². The van der Waals surface area contributed by atoms with E-state index < -0.39 is 5.97 Å². The SMILES string of the molecule is CCN(Cc1ccc(OC)c(OC)c1)C(=O)COC(=O)c1ccc(NC(C)=O)cc1. The van der Waals surface area contributed by atoms with Crippen LogP contribution in [0, 0.1) is 0 Å². The van der Waals surface area contributed by atoms with E-state index in [1.807, 2.05) is 13.0 Å². The van der Waals surface area contributed by atoms with E-state index in [1.54, 1.807) is 43.4 Å². The lowest BCUT2D eigenvalue weighted by molar-refractivity contribution is -0.135. The van der Waals surface area contributed by atoms with Crippen LogP contribution in [-0.2, 0) is 20.9 Å². The number of methoxy groups -OCH3 is 2. The fourth-order valence-corrected chi connectivity index (χ4v) is 2.77. The van der Waals surface area contributed by atoms with Crippen molar-refractivity contribution in [3.8, 4) is 11.5 Å². The summed E-state index contributed by atoms with van der Waals surface area (Å²) in [7, 11) is 3.10. The van der Waals surface area contributed by atoms with Crippen molar-refractivity contribution in [2.24, 2.45) is 0 Å². The van der Waals surface area contributed by atoms with Crippen LogP contribution in [0.3, 0.4) is 0 Å². The molecule has 2 aromatic rings. The maximum atomic E-state index is 12.5. The minimum atomic E-state index is -0.611. The van der Waals surface area contributed by atoms with Gasteiger partial charge < -0.3 is 24.4 Å². The van der Waals surface area contributed by atoms with E-state index in [2.05, 4.69) is 5.32 Å². The van der Waals surface area contributed by atoms with Crippen molar-refractivity contribution in [1.82, 2.24) is 4.90 Å². The second-order valence-electron chi connectivity index (χ2n) is 6.43. The van der Waals surface area contributed by atoms with Crippen LogP contribution < -0.4 is 14.8 Å². The molecule has 0 aliphatic carbocycles. The Morgan fingerprint density at radius 2 is 1.63 bits per heavy atom. The molecule has 1 N–H and O–H groups in total. The predicted molar refractivity (Wildman–Crippen MR) is 112 cm³/mol. The van der Waals surface area contributed by atoms with E-state index in [4.69, 9.17) is 14.2 Å². The summed E-state index contributed by atoms with van der Waals surface area (Å²) in [4.78, 5) is 37.3. The average Bonchev–Trinajstić information content (AvgIpc) is 2.75. The highest BCUT2D eigenvalue weighted by molar-refractivity contribution is 5.93. The van der Waals surface area contributed by atoms with Crippen LogP contribution in [0.15, 0.2) is 42.5 Å². The Balaban J connectivity index is 1.95. The molecule has 2 aromatic carbocycles. The van der Waals surface area contributed by atoms with E-state index in [9.17, 15) is 14.4 Å². The molecule has 30 heavy (non-hydrogen) atoms. The monoisotopic (exact) mass is 414 g/mol. The van der Waals surface area contributed by atoms with Gasteiger partial charge in [-0.2, -0.15) is 0 Å². The second-order valence-corrected chi connectivity index (χ2v) is 6.43. The number of carbonyl (C=O) groups excluding carboxylic acids is 3. The van der Waals surface area contributed by atoms with Crippen LogP contribution in [-0.4, -0.2) is 50.1 Å². The zero-order valence-corrected chi connectivity index (χ0v) is 17.6. The summed E-state index contributed by atoms with van der Waals surface area (Å²) in [6.45, 7) is 3.68. The zero-order chi connectivity index (χ0) is 22.1. The van der Waals surface area contributed by atoms with E-state index in [-0.39, 0.29) is 18.4 Å². The van der Waals surface area contributed by atoms with Crippen LogP contribution in [0.5, 0.6) is 11.5 Å². The maximum Gasteiger partial charge on any atom is 0.338 e. The van der Waals surface area contributed by atoms with Crippen LogP contribution in [0.1, 0.15) is 29.8 Å². The van der Waals surface area contributed by atoms with Gasteiger partial charge in [-0.15, -0.1) is 0 Å². The van der Waals surface area contributed by atoms with Gasteiger partial charge in [0.15, 0.2) is 18.1 Å². The molecule has 0 atom stereocenters. The highest BCUT2D eigenvalue weighted by Gasteiger charge is 2.17. The van der Waals surface area contributed by atoms with Crippen molar-refractivity contribution in [1.29, 1.82) is 0 Å². The van der Waals surface area contributed by atoms with Gasteiger partial charge in [0.05, 0.1) is 19.8 Å². The van der Waals surface area contributed by atoms with Crippen molar-refractivity contribution >= 4 is 23.5 Å². The summed E-state index contributed by atoms with van der Waals surface area (Å²) in [5.74, 6) is 0.0576. The Morgan fingerprint density at radius 3 is 2.20 bits per heavy atom. The molecular weight excluding hydrogens is 388 g/mol. The molecule has 0 aromatic heterocycles. The summed E-state index contributed by atoms with van der Waals surface area (Å²) in [6.07, 6.45) is 0. The summed E-state index contributed by atoms with van der Waals surface area (Å²) in [5.41, 5.74) is 1.73. The molecule has 0 saturated heterocycles. The number of hydrogen-bond donors (Lipinski definition) is 1. The van der Waals surface area contributed by atoms with Crippen molar-refractivity contribution in [2.45, 2.75) is 20.4 Å². The Kier molecular flexibility index (Phi) is 8.22. The van der Waals surface area contributed by atoms with Gasteiger partial charge in [-0.05, 0) is 48.9 Å². The van der Waals surface area contributed by atoms with E-state index >= 15 is 0 Å². The van der Waals surface area contributed by atoms with Crippen LogP contribution >= 0.6 is 0 Å². The highest BCUT2D eigenvalue weighted by Crippen LogP contribution is 2.28. The van der Waals surface area contributed by atoms with Gasteiger partial charge in [-0.3, -0.25) is 9.59 Å². The van der Waals surface area contributed by atoms with Gasteiger partial charge in [0.1, 0.15) is 0 Å². The topological polar surface area (TPSA) is 94.2 Å². The zero-order valence-electron chi connectivity index (χ0n) is 17.6. The number of carbonyl (C=O) groups is 3. The molecule has 8 heteroatoms. The second kappa shape index (κ2) is 10.8. The number of nitrogens with one attached hydrogen (secondary N) is 1. The Labute approximate surface area is 175 Å². The third kappa shape index (κ3) is 6.23. The van der Waals surface area contributed by atoms with Crippen molar-refractivity contribution in [3.63, 3.8) is 0 Å². The molecule has 0 unspecified atom stereocenters. The summed E-state index contributed by atoms with van der Waals surface area (Å²) in [5, 5.41) is 2.61. The van der Waals surface area contributed by atoms with Gasteiger partial charge in [0, 0.05) is 25.7 Å². The van der Waals surface area contributed by atoms with E-state index in [1.165, 1.54) is 19.1 Å². The van der Waals surface area contributed by atoms with E-state index in [0.29, 0.717) is 35.8 Å². The number of rotatable bonds is 9. The van der Waals surface area contributed by atoms with Gasteiger partial charge in [-0.1, -0.05) is 6.07 Å². The number of benzene rings is 2. The van der Waals surface area contributed by atoms with Gasteiger partial charge in [0.2, 0.25) is 5.91 Å².